The van der Waals surface area contributed by atoms with Gasteiger partial charge in [-0.15, -0.1) is 0 Å². The van der Waals surface area contributed by atoms with Gasteiger partial charge in [-0.25, -0.2) is 4.98 Å². The van der Waals surface area contributed by atoms with Crippen LogP contribution < -0.4 is 5.56 Å². The summed E-state index contributed by atoms with van der Waals surface area (Å²) in [6.45, 7) is 0. The fourth-order valence-corrected chi connectivity index (χ4v) is 3.62. The van der Waals surface area contributed by atoms with Crippen LogP contribution in [-0.4, -0.2) is 14.5 Å². The van der Waals surface area contributed by atoms with Gasteiger partial charge < -0.3 is 0 Å². The predicted molar refractivity (Wildman–Crippen MR) is 127 cm³/mol. The molecule has 0 bridgehead atoms. The van der Waals surface area contributed by atoms with E-state index < -0.39 is 4.92 Å². The number of benzene rings is 3. The summed E-state index contributed by atoms with van der Waals surface area (Å²) < 4.78 is 2.47. The van der Waals surface area contributed by atoms with Crippen molar-refractivity contribution in [3.8, 4) is 5.69 Å². The lowest BCUT2D eigenvalue weighted by atomic mass is 10.2. The van der Waals surface area contributed by atoms with Crippen LogP contribution in [0.2, 0.25) is 5.02 Å². The lowest BCUT2D eigenvalue weighted by Crippen LogP contribution is -2.22. The summed E-state index contributed by atoms with van der Waals surface area (Å²) in [5.41, 5.74) is 1.81. The lowest BCUT2D eigenvalue weighted by Gasteiger charge is -2.12. The Morgan fingerprint density at radius 1 is 1.00 bits per heavy atom. The number of halogens is 2. The molecule has 0 atom stereocenters. The number of fused-ring (bicyclic) bond motifs is 1. The van der Waals surface area contributed by atoms with E-state index in [9.17, 15) is 14.9 Å². The van der Waals surface area contributed by atoms with Crippen LogP contribution in [0.3, 0.4) is 0 Å². The van der Waals surface area contributed by atoms with Crippen LogP contribution in [0.1, 0.15) is 11.4 Å². The third-order valence-electron chi connectivity index (χ3n) is 4.47. The Morgan fingerprint density at radius 2 is 1.70 bits per heavy atom. The summed E-state index contributed by atoms with van der Waals surface area (Å²) in [7, 11) is 0. The molecule has 30 heavy (non-hydrogen) atoms. The molecule has 0 saturated heterocycles. The van der Waals surface area contributed by atoms with Crippen molar-refractivity contribution in [3.63, 3.8) is 0 Å². The van der Waals surface area contributed by atoms with Gasteiger partial charge >= 0.3 is 0 Å². The topological polar surface area (TPSA) is 78.0 Å². The Kier molecular flexibility index (Phi) is 5.65. The van der Waals surface area contributed by atoms with Crippen molar-refractivity contribution in [2.75, 3.05) is 0 Å². The van der Waals surface area contributed by atoms with E-state index in [4.69, 9.17) is 11.6 Å². The molecular weight excluding hydrogens is 517 g/mol. The smallest absolute Gasteiger partial charge is 0.268 e. The molecule has 0 amide bonds. The molecule has 0 fully saturated rings. The van der Waals surface area contributed by atoms with Crippen molar-refractivity contribution in [1.29, 1.82) is 0 Å². The molecule has 1 aromatic heterocycles. The van der Waals surface area contributed by atoms with Crippen LogP contribution >= 0.6 is 34.2 Å². The minimum Gasteiger partial charge on any atom is -0.268 e. The normalized spacial score (nSPS) is 11.3. The van der Waals surface area contributed by atoms with Gasteiger partial charge in [-0.1, -0.05) is 17.7 Å². The number of nitro benzene ring substituents is 1. The summed E-state index contributed by atoms with van der Waals surface area (Å²) in [5.74, 6) is 0.439. The Bertz CT molecular complexity index is 1350. The maximum absolute atomic E-state index is 13.3. The molecule has 0 saturated carbocycles. The zero-order valence-electron chi connectivity index (χ0n) is 15.3. The monoisotopic (exact) mass is 529 g/mol. The summed E-state index contributed by atoms with van der Waals surface area (Å²) in [5, 5.41) is 11.9. The number of hydrogen-bond donors (Lipinski definition) is 0. The van der Waals surface area contributed by atoms with Crippen LogP contribution in [-0.2, 0) is 0 Å². The van der Waals surface area contributed by atoms with E-state index in [2.05, 4.69) is 27.6 Å². The third-order valence-corrected chi connectivity index (χ3v) is 5.39. The van der Waals surface area contributed by atoms with Gasteiger partial charge in [-0.05, 0) is 88.8 Å². The minimum atomic E-state index is -0.446. The highest BCUT2D eigenvalue weighted by atomic mass is 127. The molecule has 0 unspecified atom stereocenters. The molecule has 4 aromatic rings. The Hall–Kier alpha value is -3.04. The van der Waals surface area contributed by atoms with E-state index >= 15 is 0 Å². The second-order valence-corrected chi connectivity index (χ2v) is 8.11. The Labute approximate surface area is 189 Å². The number of rotatable bonds is 4. The first kappa shape index (κ1) is 20.2. The zero-order chi connectivity index (χ0) is 21.3. The Morgan fingerprint density at radius 3 is 2.37 bits per heavy atom. The van der Waals surface area contributed by atoms with Crippen LogP contribution in [0.5, 0.6) is 0 Å². The third kappa shape index (κ3) is 4.12. The van der Waals surface area contributed by atoms with Crippen LogP contribution in [0.4, 0.5) is 5.69 Å². The highest BCUT2D eigenvalue weighted by molar-refractivity contribution is 14.1. The second-order valence-electron chi connectivity index (χ2n) is 6.43. The largest absolute Gasteiger partial charge is 0.269 e. The fourth-order valence-electron chi connectivity index (χ4n) is 3.00. The van der Waals surface area contributed by atoms with Gasteiger partial charge in [0.1, 0.15) is 5.82 Å². The van der Waals surface area contributed by atoms with Crippen molar-refractivity contribution >= 4 is 62.9 Å². The average Bonchev–Trinajstić information content (AvgIpc) is 2.74. The molecular formula is C22H13ClIN3O3. The molecule has 3 aromatic carbocycles. The lowest BCUT2D eigenvalue weighted by molar-refractivity contribution is -0.384. The van der Waals surface area contributed by atoms with Crippen molar-refractivity contribution in [1.82, 2.24) is 9.55 Å². The van der Waals surface area contributed by atoms with Gasteiger partial charge in [0, 0.05) is 20.7 Å². The highest BCUT2D eigenvalue weighted by Gasteiger charge is 2.12. The maximum Gasteiger partial charge on any atom is 0.269 e. The molecule has 0 spiro atoms. The summed E-state index contributed by atoms with van der Waals surface area (Å²) in [6, 6.07) is 18.6. The van der Waals surface area contributed by atoms with Crippen LogP contribution in [0.15, 0.2) is 71.5 Å². The van der Waals surface area contributed by atoms with Crippen molar-refractivity contribution < 1.29 is 4.92 Å². The molecule has 0 radical (unpaired) electrons. The number of non-ortho nitro benzene ring substituents is 1. The van der Waals surface area contributed by atoms with Crippen LogP contribution in [0, 0.1) is 13.7 Å². The van der Waals surface area contributed by atoms with E-state index in [0.29, 0.717) is 27.4 Å². The first-order valence-corrected chi connectivity index (χ1v) is 10.3. The van der Waals surface area contributed by atoms with E-state index in [0.717, 1.165) is 9.13 Å². The molecule has 4 rings (SSSR count). The number of aromatic nitrogens is 2. The van der Waals surface area contributed by atoms with Crippen molar-refractivity contribution in [3.05, 3.63) is 107 Å². The molecule has 6 nitrogen and oxygen atoms in total. The van der Waals surface area contributed by atoms with E-state index in [1.54, 1.807) is 48.6 Å². The number of nitro groups is 1. The van der Waals surface area contributed by atoms with Gasteiger partial charge in [-0.2, -0.15) is 0 Å². The molecule has 0 aliphatic heterocycles. The van der Waals surface area contributed by atoms with E-state index in [1.165, 1.54) is 16.7 Å². The number of nitrogens with zero attached hydrogens (tertiary/aromatic N) is 3. The van der Waals surface area contributed by atoms with Gasteiger partial charge in [0.05, 0.1) is 21.5 Å². The standard InChI is InChI=1S/C22H13ClIN3O3/c23-15-4-9-17(10-5-15)26-21(12-3-14-1-7-18(8-2-14)27(29)30)25-20-11-6-16(24)13-19(20)22(26)28/h1-13H/b12-3+. The Balaban J connectivity index is 1.88. The van der Waals surface area contributed by atoms with Gasteiger partial charge in [-0.3, -0.25) is 19.5 Å². The molecule has 148 valence electrons. The first-order chi connectivity index (χ1) is 14.4. The fraction of sp³-hybridized carbons (Fsp3) is 0. The molecule has 0 N–H and O–H groups in total. The van der Waals surface area contributed by atoms with Gasteiger partial charge in [0.15, 0.2) is 0 Å². The van der Waals surface area contributed by atoms with Crippen molar-refractivity contribution in [2.45, 2.75) is 0 Å². The zero-order valence-corrected chi connectivity index (χ0v) is 18.2. The van der Waals surface area contributed by atoms with Crippen molar-refractivity contribution in [2.24, 2.45) is 0 Å². The molecule has 0 aliphatic carbocycles. The quantitative estimate of drug-likeness (QED) is 0.192. The second kappa shape index (κ2) is 8.37. The van der Waals surface area contributed by atoms with Gasteiger partial charge in [0.2, 0.25) is 0 Å². The summed E-state index contributed by atoms with van der Waals surface area (Å²) in [6.07, 6.45) is 3.48. The average molecular weight is 530 g/mol. The predicted octanol–water partition coefficient (Wildman–Crippen LogP) is 5.72. The maximum atomic E-state index is 13.3. The van der Waals surface area contributed by atoms with Gasteiger partial charge in [0.25, 0.3) is 11.2 Å². The summed E-state index contributed by atoms with van der Waals surface area (Å²) in [4.78, 5) is 28.3. The van der Waals surface area contributed by atoms with Crippen LogP contribution in [0.25, 0.3) is 28.7 Å². The highest BCUT2D eigenvalue weighted by Crippen LogP contribution is 2.19. The SMILES string of the molecule is O=c1c2cc(I)ccc2nc(/C=C/c2ccc([N+](=O)[O-])cc2)n1-c1ccc(Cl)cc1. The molecule has 0 aliphatic rings. The summed E-state index contributed by atoms with van der Waals surface area (Å²) >= 11 is 8.17. The van der Waals surface area contributed by atoms with E-state index in [1.807, 2.05) is 18.2 Å². The van der Waals surface area contributed by atoms with E-state index in [-0.39, 0.29) is 11.2 Å². The molecule has 8 heteroatoms. The first-order valence-electron chi connectivity index (χ1n) is 8.83. The minimum absolute atomic E-state index is 0.0173. The molecule has 1 heterocycles. The number of hydrogen-bond acceptors (Lipinski definition) is 4.